The molecule has 0 spiro atoms. The summed E-state index contributed by atoms with van der Waals surface area (Å²) in [7, 11) is 0. The Morgan fingerprint density at radius 2 is 0.769 bits per heavy atom. The molecule has 0 aromatic heterocycles. The number of amides is 2. The Balaban J connectivity index is 1.74. The lowest BCUT2D eigenvalue weighted by Gasteiger charge is -2.31. The van der Waals surface area contributed by atoms with E-state index in [1.807, 2.05) is 0 Å². The normalized spacial score (nSPS) is 14.9. The van der Waals surface area contributed by atoms with Gasteiger partial charge in [-0.2, -0.15) is 0 Å². The number of nitrogens with zero attached hydrogens (tertiary/aromatic N) is 4. The number of hydrogen-bond donors (Lipinski definition) is 4. The van der Waals surface area contributed by atoms with Gasteiger partial charge in [-0.3, -0.25) is 9.98 Å². The lowest BCUT2D eigenvalue weighted by atomic mass is 10.1. The first kappa shape index (κ1) is 46.0. The lowest BCUT2D eigenvalue weighted by molar-refractivity contribution is 0.148. The van der Waals surface area contributed by atoms with Crippen molar-refractivity contribution in [3.63, 3.8) is 0 Å². The number of aliphatic imine (C=N–C) groups is 2. The first-order valence-electron chi connectivity index (χ1n) is 22.6. The number of hydrogen-bond acceptors (Lipinski definition) is 3. The summed E-state index contributed by atoms with van der Waals surface area (Å²) in [6.45, 7) is 11.8. The predicted octanol–water partition coefficient (Wildman–Crippen LogP) is 9.74. The molecule has 9 nitrogen and oxygen atoms in total. The Kier molecular flexibility index (Phi) is 28.5. The van der Waals surface area contributed by atoms with E-state index in [2.05, 4.69) is 44.3 Å². The van der Waals surface area contributed by atoms with E-state index in [9.17, 15) is 4.79 Å². The van der Waals surface area contributed by atoms with Gasteiger partial charge in [-0.15, -0.1) is 0 Å². The predicted molar refractivity (Wildman–Crippen MR) is 225 cm³/mol. The molecule has 0 heterocycles. The number of rotatable bonds is 36. The molecule has 2 aliphatic carbocycles. The van der Waals surface area contributed by atoms with E-state index in [4.69, 9.17) is 11.5 Å². The van der Waals surface area contributed by atoms with Crippen LogP contribution in [0.25, 0.3) is 0 Å². The molecule has 0 aliphatic heterocycles. The molecule has 0 radical (unpaired) electrons. The minimum Gasteiger partial charge on any atom is -0.370 e. The Hall–Kier alpha value is -2.19. The fourth-order valence-electron chi connectivity index (χ4n) is 6.84. The summed E-state index contributed by atoms with van der Waals surface area (Å²) in [5.41, 5.74) is 12.0. The van der Waals surface area contributed by atoms with Crippen LogP contribution in [0, 0.1) is 11.8 Å². The van der Waals surface area contributed by atoms with Gasteiger partial charge in [0.25, 0.3) is 0 Å². The summed E-state index contributed by atoms with van der Waals surface area (Å²) in [6.07, 6.45) is 34.7. The highest BCUT2D eigenvalue weighted by molar-refractivity contribution is 5.78. The van der Waals surface area contributed by atoms with Crippen molar-refractivity contribution in [2.24, 2.45) is 33.3 Å². The molecule has 52 heavy (non-hydrogen) atoms. The molecule has 0 atom stereocenters. The zero-order chi connectivity index (χ0) is 37.3. The van der Waals surface area contributed by atoms with Crippen LogP contribution in [0.1, 0.15) is 194 Å². The standard InChI is InChI=1S/C43H86N8O/c1-3-5-7-9-17-23-33-50(34-24-18-10-8-6-4-2)43(52)51(35-25-19-13-11-15-21-31-46-41(44)48-37-39-27-28-39)36-26-20-14-12-16-22-32-47-42(45)49-38-40-29-30-40/h39-40H,3-38H2,1-2H3,(H3,44,46,48)(H3,45,47,49). The third kappa shape index (κ3) is 27.4. The van der Waals surface area contributed by atoms with E-state index in [-0.39, 0.29) is 0 Å². The van der Waals surface area contributed by atoms with E-state index in [1.54, 1.807) is 0 Å². The second-order valence-electron chi connectivity index (χ2n) is 16.2. The summed E-state index contributed by atoms with van der Waals surface area (Å²) >= 11 is 0. The molecule has 0 unspecified atom stereocenters. The number of nitrogens with one attached hydrogen (secondary N) is 2. The summed E-state index contributed by atoms with van der Waals surface area (Å²) in [6, 6.07) is 0.307. The molecule has 6 N–H and O–H groups in total. The average molecular weight is 731 g/mol. The first-order valence-corrected chi connectivity index (χ1v) is 22.6. The summed E-state index contributed by atoms with van der Waals surface area (Å²) in [4.78, 5) is 27.5. The molecule has 0 saturated heterocycles. The molecule has 2 rings (SSSR count). The number of nitrogens with two attached hydrogens (primary N) is 2. The van der Waals surface area contributed by atoms with Crippen molar-refractivity contribution < 1.29 is 4.79 Å². The highest BCUT2D eigenvalue weighted by Gasteiger charge is 2.22. The Bertz CT molecular complexity index is 840. The lowest BCUT2D eigenvalue weighted by Crippen LogP contribution is -2.45. The van der Waals surface area contributed by atoms with Crippen LogP contribution in [0.4, 0.5) is 4.79 Å². The highest BCUT2D eigenvalue weighted by Crippen LogP contribution is 2.29. The second-order valence-corrected chi connectivity index (χ2v) is 16.2. The van der Waals surface area contributed by atoms with Crippen molar-refractivity contribution >= 4 is 18.0 Å². The van der Waals surface area contributed by atoms with Gasteiger partial charge in [0.05, 0.1) is 0 Å². The van der Waals surface area contributed by atoms with Gasteiger partial charge in [0, 0.05) is 52.4 Å². The minimum atomic E-state index is 0.307. The Labute approximate surface area is 321 Å². The van der Waals surface area contributed by atoms with Gasteiger partial charge < -0.3 is 31.9 Å². The number of guanidine groups is 2. The maximum Gasteiger partial charge on any atom is 0.319 e. The maximum absolute atomic E-state index is 14.1. The van der Waals surface area contributed by atoms with E-state index >= 15 is 0 Å². The van der Waals surface area contributed by atoms with Crippen LogP contribution < -0.4 is 22.1 Å². The second kappa shape index (κ2) is 32.3. The largest absolute Gasteiger partial charge is 0.370 e. The first-order chi connectivity index (χ1) is 25.5. The van der Waals surface area contributed by atoms with Gasteiger partial charge in [0.15, 0.2) is 11.9 Å². The number of carbonyl (C=O) groups excluding carboxylic acids is 1. The van der Waals surface area contributed by atoms with Gasteiger partial charge >= 0.3 is 6.03 Å². The monoisotopic (exact) mass is 731 g/mol. The van der Waals surface area contributed by atoms with Crippen molar-refractivity contribution in [2.45, 2.75) is 194 Å². The van der Waals surface area contributed by atoms with Gasteiger partial charge in [-0.1, -0.05) is 129 Å². The fourth-order valence-corrected chi connectivity index (χ4v) is 6.84. The van der Waals surface area contributed by atoms with Crippen LogP contribution in [0.5, 0.6) is 0 Å². The van der Waals surface area contributed by atoms with E-state index in [0.29, 0.717) is 18.0 Å². The summed E-state index contributed by atoms with van der Waals surface area (Å²) < 4.78 is 0. The zero-order valence-corrected chi connectivity index (χ0v) is 34.5. The van der Waals surface area contributed by atoms with Gasteiger partial charge in [-0.05, 0) is 76.0 Å². The Morgan fingerprint density at radius 3 is 1.08 bits per heavy atom. The van der Waals surface area contributed by atoms with E-state index in [0.717, 1.165) is 103 Å². The minimum absolute atomic E-state index is 0.307. The van der Waals surface area contributed by atoms with Crippen molar-refractivity contribution in [3.05, 3.63) is 0 Å². The molecule has 2 saturated carbocycles. The third-order valence-electron chi connectivity index (χ3n) is 10.9. The third-order valence-corrected chi connectivity index (χ3v) is 10.9. The van der Waals surface area contributed by atoms with Crippen LogP contribution >= 0.6 is 0 Å². The van der Waals surface area contributed by atoms with Crippen molar-refractivity contribution in [1.29, 1.82) is 0 Å². The van der Waals surface area contributed by atoms with E-state index < -0.39 is 0 Å². The molecular weight excluding hydrogens is 645 g/mol. The van der Waals surface area contributed by atoms with Crippen LogP contribution in [-0.2, 0) is 0 Å². The molecule has 2 aliphatic rings. The van der Waals surface area contributed by atoms with Crippen molar-refractivity contribution in [3.8, 4) is 0 Å². The molecule has 2 fully saturated rings. The number of urea groups is 1. The smallest absolute Gasteiger partial charge is 0.319 e. The molecule has 0 aromatic carbocycles. The van der Waals surface area contributed by atoms with Crippen molar-refractivity contribution in [2.75, 3.05) is 52.4 Å². The van der Waals surface area contributed by atoms with E-state index in [1.165, 1.54) is 141 Å². The van der Waals surface area contributed by atoms with Gasteiger partial charge in [0.2, 0.25) is 0 Å². The SMILES string of the molecule is CCCCCCCCN(CCCCCCCC)C(=O)N(CCCCCCCCNC(N)=NCC1CC1)CCCCCCCCNC(N)=NCC1CC1. The Morgan fingerprint density at radius 1 is 0.481 bits per heavy atom. The summed E-state index contributed by atoms with van der Waals surface area (Å²) in [5, 5.41) is 6.56. The summed E-state index contributed by atoms with van der Waals surface area (Å²) in [5.74, 6) is 2.78. The van der Waals surface area contributed by atoms with Crippen molar-refractivity contribution in [1.82, 2.24) is 20.4 Å². The van der Waals surface area contributed by atoms with Crippen LogP contribution in [0.15, 0.2) is 9.98 Å². The molecule has 0 aromatic rings. The number of carbonyl (C=O) groups is 1. The molecular formula is C43H86N8O. The molecule has 2 amide bonds. The van der Waals surface area contributed by atoms with Crippen LogP contribution in [-0.4, -0.2) is 80.1 Å². The highest BCUT2D eigenvalue weighted by atomic mass is 16.2. The van der Waals surface area contributed by atoms with Gasteiger partial charge in [-0.25, -0.2) is 4.79 Å². The molecule has 9 heteroatoms. The van der Waals surface area contributed by atoms with Gasteiger partial charge in [0.1, 0.15) is 0 Å². The number of unbranched alkanes of at least 4 members (excludes halogenated alkanes) is 20. The van der Waals surface area contributed by atoms with Crippen LogP contribution in [0.2, 0.25) is 0 Å². The molecule has 0 bridgehead atoms. The quantitative estimate of drug-likeness (QED) is 0.0290. The average Bonchev–Trinajstić information content (AvgIpc) is 4.09. The zero-order valence-electron chi connectivity index (χ0n) is 34.5. The topological polar surface area (TPSA) is 124 Å². The molecule has 304 valence electrons. The fraction of sp³-hybridized carbons (Fsp3) is 0.930. The maximum atomic E-state index is 14.1. The van der Waals surface area contributed by atoms with Crippen LogP contribution in [0.3, 0.4) is 0 Å².